The minimum atomic E-state index is 0.485. The van der Waals surface area contributed by atoms with E-state index in [-0.39, 0.29) is 0 Å². The number of nitrogens with one attached hydrogen (secondary N) is 1. The van der Waals surface area contributed by atoms with Crippen LogP contribution >= 0.6 is 11.3 Å². The fourth-order valence-corrected chi connectivity index (χ4v) is 4.44. The van der Waals surface area contributed by atoms with Crippen LogP contribution in [0, 0.1) is 33.1 Å². The first-order chi connectivity index (χ1) is 11.9. The fourth-order valence-electron chi connectivity index (χ4n) is 3.48. The van der Waals surface area contributed by atoms with Crippen molar-refractivity contribution in [2.75, 3.05) is 18.0 Å². The number of hydrogen-bond acceptors (Lipinski definition) is 5. The van der Waals surface area contributed by atoms with Crippen LogP contribution in [0.3, 0.4) is 0 Å². The summed E-state index contributed by atoms with van der Waals surface area (Å²) in [6, 6.07) is 4.33. The molecule has 0 amide bonds. The number of aryl methyl sites for hydroxylation is 4. The van der Waals surface area contributed by atoms with Crippen molar-refractivity contribution < 1.29 is 0 Å². The van der Waals surface area contributed by atoms with Crippen LogP contribution in [-0.2, 0) is 0 Å². The minimum absolute atomic E-state index is 0.485. The summed E-state index contributed by atoms with van der Waals surface area (Å²) in [4.78, 5) is 12.1. The molecule has 0 bridgehead atoms. The standard InChI is InChI=1S/C19H25N5S/c1-7-23(8-2)17-16-18(22-14(6)21-17)24(19(20)25-16)15-12(4)9-11(3)10-13(15)5/h9-10,20H,7-8H2,1-6H3. The molecule has 1 aromatic carbocycles. The maximum absolute atomic E-state index is 8.60. The lowest BCUT2D eigenvalue weighted by Gasteiger charge is -2.20. The van der Waals surface area contributed by atoms with Gasteiger partial charge in [-0.25, -0.2) is 9.97 Å². The summed E-state index contributed by atoms with van der Waals surface area (Å²) < 4.78 is 2.96. The van der Waals surface area contributed by atoms with E-state index in [0.717, 1.165) is 51.9 Å². The molecule has 1 N–H and O–H groups in total. The molecule has 0 fully saturated rings. The monoisotopic (exact) mass is 355 g/mol. The van der Waals surface area contributed by atoms with Gasteiger partial charge in [0, 0.05) is 13.1 Å². The van der Waals surface area contributed by atoms with Crippen LogP contribution in [0.5, 0.6) is 0 Å². The average Bonchev–Trinajstić information content (AvgIpc) is 2.84. The summed E-state index contributed by atoms with van der Waals surface area (Å²) in [5, 5.41) is 8.60. The normalized spacial score (nSPS) is 11.3. The number of thiazole rings is 1. The SMILES string of the molecule is CCN(CC)c1nc(C)nc2c1sc(=N)n2-c1c(C)cc(C)cc1C. The number of fused-ring (bicyclic) bond motifs is 1. The summed E-state index contributed by atoms with van der Waals surface area (Å²) >= 11 is 1.45. The first-order valence-corrected chi connectivity index (χ1v) is 9.46. The quantitative estimate of drug-likeness (QED) is 0.768. The van der Waals surface area contributed by atoms with E-state index in [4.69, 9.17) is 10.4 Å². The zero-order valence-corrected chi connectivity index (χ0v) is 16.6. The van der Waals surface area contributed by atoms with Crippen molar-refractivity contribution in [3.63, 3.8) is 0 Å². The van der Waals surface area contributed by atoms with Crippen molar-refractivity contribution in [2.45, 2.75) is 41.5 Å². The van der Waals surface area contributed by atoms with Gasteiger partial charge in [-0.05, 0) is 52.7 Å². The molecule has 0 saturated heterocycles. The fraction of sp³-hybridized carbons (Fsp3) is 0.421. The largest absolute Gasteiger partial charge is 0.356 e. The molecule has 0 radical (unpaired) electrons. The summed E-state index contributed by atoms with van der Waals surface area (Å²) in [5.74, 6) is 1.68. The third-order valence-electron chi connectivity index (χ3n) is 4.48. The zero-order chi connectivity index (χ0) is 18.3. The predicted molar refractivity (Wildman–Crippen MR) is 105 cm³/mol. The Morgan fingerprint density at radius 3 is 2.20 bits per heavy atom. The molecule has 0 saturated carbocycles. The molecule has 0 aliphatic carbocycles. The molecule has 0 aliphatic heterocycles. The van der Waals surface area contributed by atoms with Gasteiger partial charge in [-0.15, -0.1) is 0 Å². The first kappa shape index (κ1) is 17.6. The molecular weight excluding hydrogens is 330 g/mol. The van der Waals surface area contributed by atoms with Gasteiger partial charge in [0.15, 0.2) is 16.3 Å². The Labute approximate surface area is 152 Å². The van der Waals surface area contributed by atoms with E-state index in [9.17, 15) is 0 Å². The van der Waals surface area contributed by atoms with Gasteiger partial charge in [0.05, 0.1) is 5.69 Å². The van der Waals surface area contributed by atoms with Gasteiger partial charge in [0.25, 0.3) is 0 Å². The second-order valence-electron chi connectivity index (χ2n) is 6.41. The molecule has 0 aliphatic rings. The lowest BCUT2D eigenvalue weighted by Crippen LogP contribution is -2.23. The van der Waals surface area contributed by atoms with Crippen molar-refractivity contribution in [2.24, 2.45) is 0 Å². The average molecular weight is 356 g/mol. The molecule has 0 unspecified atom stereocenters. The molecule has 2 aromatic heterocycles. The Kier molecular flexibility index (Phi) is 4.64. The van der Waals surface area contributed by atoms with Gasteiger partial charge < -0.3 is 4.90 Å². The maximum atomic E-state index is 8.60. The number of rotatable bonds is 4. The van der Waals surface area contributed by atoms with Gasteiger partial charge in [-0.1, -0.05) is 29.0 Å². The van der Waals surface area contributed by atoms with Crippen molar-refractivity contribution in [1.29, 1.82) is 5.41 Å². The highest BCUT2D eigenvalue weighted by molar-refractivity contribution is 7.16. The van der Waals surface area contributed by atoms with Crippen LogP contribution in [0.15, 0.2) is 12.1 Å². The second kappa shape index (κ2) is 6.59. The van der Waals surface area contributed by atoms with Crippen LogP contribution in [0.1, 0.15) is 36.4 Å². The molecule has 25 heavy (non-hydrogen) atoms. The molecular formula is C19H25N5S. The van der Waals surface area contributed by atoms with Crippen LogP contribution < -0.4 is 9.70 Å². The Morgan fingerprint density at radius 2 is 1.64 bits per heavy atom. The highest BCUT2D eigenvalue weighted by Crippen LogP contribution is 2.30. The van der Waals surface area contributed by atoms with E-state index in [0.29, 0.717) is 4.80 Å². The van der Waals surface area contributed by atoms with E-state index < -0.39 is 0 Å². The first-order valence-electron chi connectivity index (χ1n) is 8.65. The van der Waals surface area contributed by atoms with Crippen molar-refractivity contribution in [3.8, 4) is 5.69 Å². The van der Waals surface area contributed by atoms with E-state index in [2.05, 4.69) is 56.6 Å². The molecule has 0 atom stereocenters. The molecule has 3 rings (SSSR count). The third-order valence-corrected chi connectivity index (χ3v) is 5.42. The highest BCUT2D eigenvalue weighted by atomic mass is 32.1. The van der Waals surface area contributed by atoms with E-state index in [1.807, 2.05) is 11.5 Å². The lowest BCUT2D eigenvalue weighted by atomic mass is 10.1. The van der Waals surface area contributed by atoms with E-state index >= 15 is 0 Å². The van der Waals surface area contributed by atoms with Crippen molar-refractivity contribution in [1.82, 2.24) is 14.5 Å². The summed E-state index contributed by atoms with van der Waals surface area (Å²) in [7, 11) is 0. The maximum Gasteiger partial charge on any atom is 0.189 e. The zero-order valence-electron chi connectivity index (χ0n) is 15.8. The molecule has 2 heterocycles. The smallest absolute Gasteiger partial charge is 0.189 e. The van der Waals surface area contributed by atoms with Gasteiger partial charge in [-0.2, -0.15) is 0 Å². The summed E-state index contributed by atoms with van der Waals surface area (Å²) in [5.41, 5.74) is 5.46. The predicted octanol–water partition coefficient (Wildman–Crippen LogP) is 4.04. The van der Waals surface area contributed by atoms with Crippen molar-refractivity contribution >= 4 is 27.5 Å². The van der Waals surface area contributed by atoms with E-state index in [1.54, 1.807) is 0 Å². The van der Waals surface area contributed by atoms with Gasteiger partial charge in [0.1, 0.15) is 10.5 Å². The third kappa shape index (κ3) is 2.95. The van der Waals surface area contributed by atoms with Crippen LogP contribution in [0.2, 0.25) is 0 Å². The van der Waals surface area contributed by atoms with E-state index in [1.165, 1.54) is 16.9 Å². The Hall–Kier alpha value is -2.21. The number of aromatic nitrogens is 3. The van der Waals surface area contributed by atoms with Gasteiger partial charge in [-0.3, -0.25) is 9.98 Å². The number of benzene rings is 1. The Balaban J connectivity index is 2.39. The van der Waals surface area contributed by atoms with Crippen molar-refractivity contribution in [3.05, 3.63) is 39.4 Å². The Bertz CT molecular complexity index is 972. The molecule has 0 spiro atoms. The highest BCUT2D eigenvalue weighted by Gasteiger charge is 2.19. The van der Waals surface area contributed by atoms with Crippen LogP contribution in [0.25, 0.3) is 16.0 Å². The lowest BCUT2D eigenvalue weighted by molar-refractivity contribution is 0.841. The minimum Gasteiger partial charge on any atom is -0.356 e. The second-order valence-corrected chi connectivity index (χ2v) is 7.41. The number of nitrogens with zero attached hydrogens (tertiary/aromatic N) is 4. The van der Waals surface area contributed by atoms with Crippen LogP contribution in [-0.4, -0.2) is 27.6 Å². The molecule has 132 valence electrons. The topological polar surface area (TPSA) is 57.8 Å². The summed E-state index contributed by atoms with van der Waals surface area (Å²) in [6.45, 7) is 14.3. The molecule has 3 aromatic rings. The Morgan fingerprint density at radius 1 is 1.04 bits per heavy atom. The number of anilines is 1. The number of hydrogen-bond donors (Lipinski definition) is 1. The van der Waals surface area contributed by atoms with Gasteiger partial charge in [0.2, 0.25) is 0 Å². The molecule has 5 nitrogen and oxygen atoms in total. The van der Waals surface area contributed by atoms with Crippen LogP contribution in [0.4, 0.5) is 5.82 Å². The van der Waals surface area contributed by atoms with Gasteiger partial charge >= 0.3 is 0 Å². The molecule has 6 heteroatoms. The summed E-state index contributed by atoms with van der Waals surface area (Å²) in [6.07, 6.45) is 0.